The Morgan fingerprint density at radius 1 is 0.800 bits per heavy atom. The molecule has 0 aliphatic heterocycles. The molecule has 0 amide bonds. The van der Waals surface area contributed by atoms with Crippen LogP contribution in [0.15, 0.2) is 24.3 Å². The van der Waals surface area contributed by atoms with E-state index in [2.05, 4.69) is 0 Å². The Labute approximate surface area is 145 Å². The van der Waals surface area contributed by atoms with Gasteiger partial charge in [-0.25, -0.2) is 0 Å². The van der Waals surface area contributed by atoms with Crippen LogP contribution in [0.3, 0.4) is 0 Å². The average molecular weight is 404 g/mol. The molecule has 0 aliphatic carbocycles. The van der Waals surface area contributed by atoms with Crippen molar-refractivity contribution in [1.29, 1.82) is 0 Å². The zero-order valence-corrected chi connectivity index (χ0v) is 16.5. The highest BCUT2D eigenvalue weighted by Gasteiger charge is 2.37. The summed E-state index contributed by atoms with van der Waals surface area (Å²) >= 11 is 0. The molecule has 0 aliphatic rings. The zero-order valence-electron chi connectivity index (χ0n) is 14.5. The third kappa shape index (κ3) is 8.38. The van der Waals surface area contributed by atoms with Gasteiger partial charge in [-0.05, 0) is 43.0 Å². The minimum absolute atomic E-state index is 0.269. The quantitative estimate of drug-likeness (QED) is 0.491. The van der Waals surface area contributed by atoms with Crippen molar-refractivity contribution in [3.05, 3.63) is 29.8 Å². The van der Waals surface area contributed by atoms with Crippen molar-refractivity contribution in [2.24, 2.45) is 0 Å². The summed E-state index contributed by atoms with van der Waals surface area (Å²) in [6.45, 7) is 3.93. The third-order valence-electron chi connectivity index (χ3n) is 3.51. The average Bonchev–Trinajstić information content (AvgIpc) is 2.42. The molecule has 0 bridgehead atoms. The summed E-state index contributed by atoms with van der Waals surface area (Å²) in [5.41, 5.74) is 0.695. The summed E-state index contributed by atoms with van der Waals surface area (Å²) in [6.07, 6.45) is -8.84. The highest BCUT2D eigenvalue weighted by atomic mass is 28.4. The van der Waals surface area contributed by atoms with Crippen molar-refractivity contribution >= 4 is 21.8 Å². The number of benzene rings is 1. The van der Waals surface area contributed by atoms with Gasteiger partial charge in [0.05, 0.1) is 0 Å². The second kappa shape index (κ2) is 7.81. The van der Waals surface area contributed by atoms with E-state index in [1.807, 2.05) is 0 Å². The fourth-order valence-corrected chi connectivity index (χ4v) is 6.57. The van der Waals surface area contributed by atoms with Gasteiger partial charge in [0, 0.05) is 0 Å². The van der Waals surface area contributed by atoms with E-state index in [0.717, 1.165) is 0 Å². The Morgan fingerprint density at radius 3 is 1.80 bits per heavy atom. The van der Waals surface area contributed by atoms with Crippen LogP contribution in [0.2, 0.25) is 26.2 Å². The maximum Gasteiger partial charge on any atom is 0.410 e. The van der Waals surface area contributed by atoms with Gasteiger partial charge in [-0.15, -0.1) is 0 Å². The fourth-order valence-electron chi connectivity index (χ4n) is 2.39. The first-order valence-corrected chi connectivity index (χ1v) is 13.6. The third-order valence-corrected chi connectivity index (χ3v) is 8.31. The molecule has 0 unspecified atom stereocenters. The Bertz CT molecular complexity index is 570. The van der Waals surface area contributed by atoms with Crippen LogP contribution in [0.1, 0.15) is 5.56 Å². The molecular formula is C15H22F6O2Si2. The van der Waals surface area contributed by atoms with Gasteiger partial charge in [0.25, 0.3) is 0 Å². The lowest BCUT2D eigenvalue weighted by Gasteiger charge is -2.29. The molecular weight excluding hydrogens is 382 g/mol. The van der Waals surface area contributed by atoms with E-state index in [1.54, 1.807) is 50.5 Å². The predicted molar refractivity (Wildman–Crippen MR) is 88.8 cm³/mol. The van der Waals surface area contributed by atoms with E-state index in [4.69, 9.17) is 8.85 Å². The first kappa shape index (κ1) is 22.2. The summed E-state index contributed by atoms with van der Waals surface area (Å²) in [5.74, 6) is 0. The molecule has 0 spiro atoms. The molecule has 0 N–H and O–H groups in total. The monoisotopic (exact) mass is 404 g/mol. The lowest BCUT2D eigenvalue weighted by atomic mass is 10.2. The molecule has 10 heteroatoms. The van der Waals surface area contributed by atoms with Crippen LogP contribution in [0, 0.1) is 0 Å². The smallest absolute Gasteiger partial charge is 0.408 e. The van der Waals surface area contributed by atoms with E-state index in [-0.39, 0.29) is 6.04 Å². The van der Waals surface area contributed by atoms with Crippen LogP contribution in [0.25, 0.3) is 0 Å². The SMILES string of the molecule is C[Si](C)(Cc1ccccc1[Si](C)(C)OCC(F)(F)F)OCC(F)(F)F. The molecule has 1 aromatic carbocycles. The fraction of sp³-hybridized carbons (Fsp3) is 0.600. The second-order valence-electron chi connectivity index (χ2n) is 6.91. The molecule has 0 fully saturated rings. The standard InChI is InChI=1S/C15H22F6O2Si2/c1-24(2,22-10-14(16,17)18)9-12-7-5-6-8-13(12)25(3,4)23-11-15(19,20)21/h5-8H,9-11H2,1-4H3. The van der Waals surface area contributed by atoms with Crippen molar-refractivity contribution < 1.29 is 35.2 Å². The van der Waals surface area contributed by atoms with Crippen molar-refractivity contribution in [2.75, 3.05) is 13.2 Å². The second-order valence-corrected chi connectivity index (χ2v) is 14.9. The van der Waals surface area contributed by atoms with Gasteiger partial charge in [-0.2, -0.15) is 26.3 Å². The van der Waals surface area contributed by atoms with Crippen molar-refractivity contribution in [2.45, 2.75) is 44.6 Å². The van der Waals surface area contributed by atoms with Gasteiger partial charge >= 0.3 is 12.4 Å². The minimum Gasteiger partial charge on any atom is -0.408 e. The number of hydrogen-bond donors (Lipinski definition) is 0. The molecule has 0 atom stereocenters. The maximum absolute atomic E-state index is 12.5. The summed E-state index contributed by atoms with van der Waals surface area (Å²) in [6, 6.07) is 7.07. The van der Waals surface area contributed by atoms with E-state index in [9.17, 15) is 26.3 Å². The summed E-state index contributed by atoms with van der Waals surface area (Å²) in [5, 5.41) is 0.649. The van der Waals surface area contributed by atoms with Gasteiger partial charge in [0.1, 0.15) is 13.2 Å². The molecule has 2 nitrogen and oxygen atoms in total. The Morgan fingerprint density at radius 2 is 1.28 bits per heavy atom. The van der Waals surface area contributed by atoms with Gasteiger partial charge in [-0.3, -0.25) is 0 Å². The van der Waals surface area contributed by atoms with Gasteiger partial charge in [0.15, 0.2) is 8.32 Å². The number of hydrogen-bond acceptors (Lipinski definition) is 2. The molecule has 0 saturated heterocycles. The van der Waals surface area contributed by atoms with E-state index in [1.165, 1.54) is 0 Å². The van der Waals surface area contributed by atoms with Gasteiger partial charge < -0.3 is 8.85 Å². The Kier molecular flexibility index (Phi) is 6.93. The molecule has 25 heavy (non-hydrogen) atoms. The number of rotatable bonds is 7. The Hall–Kier alpha value is -0.846. The van der Waals surface area contributed by atoms with Crippen LogP contribution >= 0.6 is 0 Å². The molecule has 144 valence electrons. The van der Waals surface area contributed by atoms with Crippen LogP contribution in [-0.4, -0.2) is 42.2 Å². The molecule has 0 saturated carbocycles. The molecule has 0 aromatic heterocycles. The molecule has 1 aromatic rings. The molecule has 0 heterocycles. The predicted octanol–water partition coefficient (Wildman–Crippen LogP) is 4.54. The minimum atomic E-state index is -4.43. The van der Waals surface area contributed by atoms with E-state index in [0.29, 0.717) is 10.8 Å². The normalized spacial score (nSPS) is 14.0. The van der Waals surface area contributed by atoms with E-state index >= 15 is 0 Å². The Balaban J connectivity index is 2.95. The summed E-state index contributed by atoms with van der Waals surface area (Å²) in [4.78, 5) is 0. The van der Waals surface area contributed by atoms with Crippen molar-refractivity contribution in [3.63, 3.8) is 0 Å². The van der Waals surface area contributed by atoms with Crippen LogP contribution < -0.4 is 5.19 Å². The first-order chi connectivity index (χ1) is 11.1. The van der Waals surface area contributed by atoms with Crippen molar-refractivity contribution in [3.8, 4) is 0 Å². The van der Waals surface area contributed by atoms with E-state index < -0.39 is 42.2 Å². The lowest BCUT2D eigenvalue weighted by Crippen LogP contribution is -2.50. The first-order valence-electron chi connectivity index (χ1n) is 7.61. The van der Waals surface area contributed by atoms with Crippen molar-refractivity contribution in [1.82, 2.24) is 0 Å². The lowest BCUT2D eigenvalue weighted by molar-refractivity contribution is -0.155. The molecule has 1 rings (SSSR count). The van der Waals surface area contributed by atoms with Gasteiger partial charge in [0.2, 0.25) is 8.32 Å². The number of halogens is 6. The summed E-state index contributed by atoms with van der Waals surface area (Å²) in [7, 11) is -5.57. The zero-order chi connectivity index (χ0) is 19.5. The molecule has 0 radical (unpaired) electrons. The maximum atomic E-state index is 12.5. The summed E-state index contributed by atoms with van der Waals surface area (Å²) < 4.78 is 84.8. The van der Waals surface area contributed by atoms with Crippen LogP contribution in [0.4, 0.5) is 26.3 Å². The largest absolute Gasteiger partial charge is 0.410 e. The highest BCUT2D eigenvalue weighted by molar-refractivity contribution is 6.85. The topological polar surface area (TPSA) is 18.5 Å². The highest BCUT2D eigenvalue weighted by Crippen LogP contribution is 2.22. The van der Waals surface area contributed by atoms with Crippen LogP contribution in [-0.2, 0) is 14.9 Å². The number of alkyl halides is 6. The van der Waals surface area contributed by atoms with Crippen LogP contribution in [0.5, 0.6) is 0 Å². The van der Waals surface area contributed by atoms with Gasteiger partial charge in [-0.1, -0.05) is 24.3 Å².